The van der Waals surface area contributed by atoms with Crippen LogP contribution in [-0.2, 0) is 41.4 Å². The van der Waals surface area contributed by atoms with Gasteiger partial charge in [-0.1, -0.05) is 87.5 Å². The van der Waals surface area contributed by atoms with Crippen molar-refractivity contribution in [3.63, 3.8) is 0 Å². The number of rotatable bonds is 11. The average molecular weight is 611 g/mol. The highest BCUT2D eigenvalue weighted by Gasteiger charge is 2.16. The second kappa shape index (κ2) is 13.0. The molecule has 5 aromatic rings. The van der Waals surface area contributed by atoms with Crippen LogP contribution in [0.3, 0.4) is 0 Å². The third-order valence-electron chi connectivity index (χ3n) is 7.49. The van der Waals surface area contributed by atoms with Gasteiger partial charge in [0.25, 0.3) is 10.0 Å². The summed E-state index contributed by atoms with van der Waals surface area (Å²) in [5.74, 6) is 1.42. The predicted molar refractivity (Wildman–Crippen MR) is 173 cm³/mol. The molecule has 9 nitrogen and oxygen atoms in total. The Labute approximate surface area is 258 Å². The smallest absolute Gasteiger partial charge is 0.279 e. The molecule has 0 bridgehead atoms. The van der Waals surface area contributed by atoms with Crippen LogP contribution >= 0.6 is 0 Å². The van der Waals surface area contributed by atoms with E-state index in [0.717, 1.165) is 35.4 Å². The Hall–Kier alpha value is -4.57. The highest BCUT2D eigenvalue weighted by molar-refractivity contribution is 7.92. The van der Waals surface area contributed by atoms with E-state index in [-0.39, 0.29) is 21.8 Å². The molecule has 228 valence electrons. The lowest BCUT2D eigenvalue weighted by molar-refractivity contribution is 0.588. The van der Waals surface area contributed by atoms with E-state index in [1.165, 1.54) is 30.0 Å². The molecule has 10 heteroatoms. The summed E-state index contributed by atoms with van der Waals surface area (Å²) in [6.45, 7) is 9.55. The predicted octanol–water partition coefficient (Wildman–Crippen LogP) is 5.84. The molecule has 0 saturated carbocycles. The summed E-state index contributed by atoms with van der Waals surface area (Å²) in [5, 5.41) is 4.69. The van der Waals surface area contributed by atoms with Gasteiger partial charge in [-0.2, -0.15) is 5.10 Å². The van der Waals surface area contributed by atoms with Gasteiger partial charge in [-0.25, -0.2) is 27.9 Å². The third kappa shape index (κ3) is 7.31. The summed E-state index contributed by atoms with van der Waals surface area (Å²) >= 11 is 0. The number of aromatic nitrogens is 5. The molecule has 0 radical (unpaired) electrons. The number of hydrogen-bond donors (Lipinski definition) is 1. The van der Waals surface area contributed by atoms with Gasteiger partial charge in [0.1, 0.15) is 11.6 Å². The van der Waals surface area contributed by atoms with Crippen molar-refractivity contribution in [2.75, 3.05) is 4.72 Å². The van der Waals surface area contributed by atoms with E-state index in [1.54, 1.807) is 27.4 Å². The molecule has 0 spiro atoms. The van der Waals surface area contributed by atoms with Crippen LogP contribution in [0.5, 0.6) is 0 Å². The van der Waals surface area contributed by atoms with Crippen LogP contribution in [0, 0.1) is 0 Å². The van der Waals surface area contributed by atoms with E-state index >= 15 is 0 Å². The Balaban J connectivity index is 1.20. The van der Waals surface area contributed by atoms with Gasteiger partial charge in [-0.05, 0) is 60.1 Å². The summed E-state index contributed by atoms with van der Waals surface area (Å²) in [4.78, 5) is 22.0. The molecule has 0 aliphatic heterocycles. The van der Waals surface area contributed by atoms with Crippen molar-refractivity contribution in [3.05, 3.63) is 124 Å². The minimum absolute atomic E-state index is 0.0804. The van der Waals surface area contributed by atoms with E-state index in [9.17, 15) is 13.2 Å². The molecule has 1 N–H and O–H groups in total. The number of nitrogens with zero attached hydrogens (tertiary/aromatic N) is 5. The minimum Gasteiger partial charge on any atom is -0.279 e. The number of sulfonamides is 1. The number of hydrogen-bond acceptors (Lipinski definition) is 6. The van der Waals surface area contributed by atoms with Gasteiger partial charge in [0, 0.05) is 24.7 Å². The Morgan fingerprint density at radius 1 is 0.841 bits per heavy atom. The van der Waals surface area contributed by atoms with E-state index < -0.39 is 10.0 Å². The van der Waals surface area contributed by atoms with E-state index in [2.05, 4.69) is 64.8 Å². The monoisotopic (exact) mass is 610 g/mol. The lowest BCUT2D eigenvalue weighted by atomic mass is 9.87. The third-order valence-corrected chi connectivity index (χ3v) is 8.86. The summed E-state index contributed by atoms with van der Waals surface area (Å²) in [5.41, 5.74) is 4.23. The summed E-state index contributed by atoms with van der Waals surface area (Å²) in [6.07, 6.45) is 3.88. The van der Waals surface area contributed by atoms with Crippen LogP contribution < -0.4 is 10.4 Å². The van der Waals surface area contributed by atoms with Crippen molar-refractivity contribution < 1.29 is 8.42 Å². The second-order valence-corrected chi connectivity index (χ2v) is 13.5. The Morgan fingerprint density at radius 3 is 2.18 bits per heavy atom. The molecule has 0 atom stereocenters. The van der Waals surface area contributed by atoms with Gasteiger partial charge in [0.05, 0.1) is 11.4 Å². The maximum atomic E-state index is 13.0. The lowest BCUT2D eigenvalue weighted by Gasteiger charge is -2.19. The normalized spacial score (nSPS) is 11.9. The SMILES string of the molecule is CCn1c(CCCc2ccc(-c3nccc(NS(=O)(=O)c4ccccc4)n3)cc2)nn(Cc2ccc(C(C)(C)C)cc2)c1=O. The Morgan fingerprint density at radius 2 is 1.52 bits per heavy atom. The van der Waals surface area contributed by atoms with Gasteiger partial charge >= 0.3 is 5.69 Å². The first-order chi connectivity index (χ1) is 21.0. The standard InChI is InChI=1S/C34H38N6O3S/c1-5-39-31(37-40(33(39)41)24-26-16-20-28(21-17-26)34(2,3)4)13-9-10-25-14-18-27(19-15-25)32-35-23-22-30(36-32)38-44(42,43)29-11-7-6-8-12-29/h6-8,11-12,14-23H,5,9-10,13,24H2,1-4H3,(H,35,36,38). The zero-order valence-corrected chi connectivity index (χ0v) is 26.4. The van der Waals surface area contributed by atoms with Crippen molar-refractivity contribution in [1.82, 2.24) is 24.3 Å². The highest BCUT2D eigenvalue weighted by Crippen LogP contribution is 2.23. The maximum Gasteiger partial charge on any atom is 0.346 e. The molecular weight excluding hydrogens is 572 g/mol. The molecule has 3 aromatic carbocycles. The molecule has 0 aliphatic rings. The molecule has 44 heavy (non-hydrogen) atoms. The van der Waals surface area contributed by atoms with Crippen LogP contribution in [0.4, 0.5) is 5.82 Å². The van der Waals surface area contributed by atoms with E-state index in [0.29, 0.717) is 25.3 Å². The summed E-state index contributed by atoms with van der Waals surface area (Å²) in [7, 11) is -3.75. The fraction of sp³-hybridized carbons (Fsp3) is 0.294. The van der Waals surface area contributed by atoms with Crippen molar-refractivity contribution in [2.24, 2.45) is 0 Å². The van der Waals surface area contributed by atoms with E-state index in [1.807, 2.05) is 31.2 Å². The molecule has 0 fully saturated rings. The van der Waals surface area contributed by atoms with Gasteiger partial charge in [0.2, 0.25) is 0 Å². The van der Waals surface area contributed by atoms with Crippen LogP contribution in [0.2, 0.25) is 0 Å². The van der Waals surface area contributed by atoms with Crippen LogP contribution in [0.1, 0.15) is 56.6 Å². The molecule has 2 aromatic heterocycles. The van der Waals surface area contributed by atoms with Crippen LogP contribution in [0.25, 0.3) is 11.4 Å². The zero-order chi connectivity index (χ0) is 31.3. The quantitative estimate of drug-likeness (QED) is 0.201. The maximum absolute atomic E-state index is 13.0. The topological polar surface area (TPSA) is 112 Å². The van der Waals surface area contributed by atoms with Crippen molar-refractivity contribution in [3.8, 4) is 11.4 Å². The molecule has 2 heterocycles. The van der Waals surface area contributed by atoms with E-state index in [4.69, 9.17) is 0 Å². The Kier molecular flexibility index (Phi) is 9.10. The molecule has 0 saturated heterocycles. The first-order valence-corrected chi connectivity index (χ1v) is 16.3. The Bertz CT molecular complexity index is 1870. The average Bonchev–Trinajstić information content (AvgIpc) is 3.31. The molecule has 5 rings (SSSR count). The van der Waals surface area contributed by atoms with Gasteiger partial charge < -0.3 is 0 Å². The zero-order valence-electron chi connectivity index (χ0n) is 25.6. The van der Waals surface area contributed by atoms with Crippen LogP contribution in [0.15, 0.2) is 101 Å². The van der Waals surface area contributed by atoms with Crippen molar-refractivity contribution >= 4 is 15.8 Å². The lowest BCUT2D eigenvalue weighted by Crippen LogP contribution is -2.25. The number of anilines is 1. The van der Waals surface area contributed by atoms with Gasteiger partial charge in [0.15, 0.2) is 5.82 Å². The summed E-state index contributed by atoms with van der Waals surface area (Å²) < 4.78 is 31.2. The summed E-state index contributed by atoms with van der Waals surface area (Å²) in [6, 6.07) is 26.0. The first-order valence-electron chi connectivity index (χ1n) is 14.8. The molecule has 0 aliphatic carbocycles. The number of nitrogens with one attached hydrogen (secondary N) is 1. The minimum atomic E-state index is -3.75. The molecular formula is C34H38N6O3S. The van der Waals surface area contributed by atoms with Gasteiger partial charge in [-0.15, -0.1) is 0 Å². The van der Waals surface area contributed by atoms with Crippen molar-refractivity contribution in [1.29, 1.82) is 0 Å². The van der Waals surface area contributed by atoms with Gasteiger partial charge in [-0.3, -0.25) is 9.29 Å². The fourth-order valence-electron chi connectivity index (χ4n) is 5.00. The number of benzene rings is 3. The van der Waals surface area contributed by atoms with Crippen molar-refractivity contribution in [2.45, 2.75) is 70.4 Å². The largest absolute Gasteiger partial charge is 0.346 e. The fourth-order valence-corrected chi connectivity index (χ4v) is 6.02. The second-order valence-electron chi connectivity index (χ2n) is 11.8. The molecule has 0 amide bonds. The molecule has 0 unspecified atom stereocenters. The van der Waals surface area contributed by atoms with Crippen LogP contribution in [-0.4, -0.2) is 32.7 Å². The number of aryl methyl sites for hydroxylation is 2. The first kappa shape index (κ1) is 30.9. The highest BCUT2D eigenvalue weighted by atomic mass is 32.2.